The molecule has 16 heavy (non-hydrogen) atoms. The van der Waals surface area contributed by atoms with Gasteiger partial charge in [-0.05, 0) is 12.1 Å². The molecule has 0 amide bonds. The van der Waals surface area contributed by atoms with Crippen LogP contribution < -0.4 is 0 Å². The summed E-state index contributed by atoms with van der Waals surface area (Å²) in [5.74, 6) is 0. The normalized spacial score (nSPS) is 10.6. The number of halogens is 3. The van der Waals surface area contributed by atoms with E-state index in [1.165, 1.54) is 25.0 Å². The molecule has 0 atom stereocenters. The zero-order valence-electron chi connectivity index (χ0n) is 9.38. The minimum atomic E-state index is -4.44. The van der Waals surface area contributed by atoms with Gasteiger partial charge >= 0.3 is 6.18 Å². The van der Waals surface area contributed by atoms with Gasteiger partial charge in [-0.1, -0.05) is 32.8 Å². The van der Waals surface area contributed by atoms with Crippen molar-refractivity contribution in [1.82, 2.24) is 4.98 Å². The van der Waals surface area contributed by atoms with Crippen molar-refractivity contribution < 1.29 is 18.3 Å². The average Bonchev–Trinajstić information content (AvgIpc) is 2.28. The van der Waals surface area contributed by atoms with E-state index in [0.717, 1.165) is 6.07 Å². The Labute approximate surface area is 93.1 Å². The summed E-state index contributed by atoms with van der Waals surface area (Å²) in [7, 11) is 0. The second kappa shape index (κ2) is 7.22. The molecule has 0 bridgehead atoms. The molecule has 0 fully saturated rings. The highest BCUT2D eigenvalue weighted by Gasteiger charge is 2.32. The molecule has 1 aromatic rings. The fourth-order valence-corrected chi connectivity index (χ4v) is 0.726. The van der Waals surface area contributed by atoms with Gasteiger partial charge in [0.05, 0.1) is 12.3 Å². The summed E-state index contributed by atoms with van der Waals surface area (Å²) in [6.07, 6.45) is -1.80. The van der Waals surface area contributed by atoms with Gasteiger partial charge in [0.15, 0.2) is 0 Å². The van der Waals surface area contributed by atoms with Gasteiger partial charge in [-0.15, -0.1) is 0 Å². The maximum absolute atomic E-state index is 12.0. The van der Waals surface area contributed by atoms with Crippen LogP contribution in [0.4, 0.5) is 13.2 Å². The lowest BCUT2D eigenvalue weighted by molar-refractivity contribution is -0.141. The van der Waals surface area contributed by atoms with Gasteiger partial charge in [-0.3, -0.25) is 0 Å². The van der Waals surface area contributed by atoms with Crippen LogP contribution in [0.15, 0.2) is 18.2 Å². The van der Waals surface area contributed by atoms with Crippen molar-refractivity contribution in [2.75, 3.05) is 0 Å². The van der Waals surface area contributed by atoms with Crippen molar-refractivity contribution in [2.45, 2.75) is 39.5 Å². The molecule has 5 heteroatoms. The Morgan fingerprint density at radius 2 is 1.75 bits per heavy atom. The standard InChI is InChI=1S/C7H6F3NO.C4H10/c8-7(9,10)6-3-1-2-5(4-12)11-6;1-3-4-2/h1-3,12H,4H2;3-4H2,1-2H3. The van der Waals surface area contributed by atoms with E-state index in [4.69, 9.17) is 5.11 Å². The number of aliphatic hydroxyl groups excluding tert-OH is 1. The molecule has 1 N–H and O–H groups in total. The molecule has 1 rings (SSSR count). The highest BCUT2D eigenvalue weighted by molar-refractivity contribution is 5.12. The van der Waals surface area contributed by atoms with Gasteiger partial charge in [0.25, 0.3) is 0 Å². The number of rotatable bonds is 2. The molecule has 0 aliphatic carbocycles. The summed E-state index contributed by atoms with van der Waals surface area (Å²) in [5, 5.41) is 8.50. The first-order chi connectivity index (χ1) is 7.45. The van der Waals surface area contributed by atoms with E-state index in [1.54, 1.807) is 0 Å². The Balaban J connectivity index is 0.000000487. The number of unbranched alkanes of at least 4 members (excludes halogenated alkanes) is 1. The maximum Gasteiger partial charge on any atom is 0.433 e. The van der Waals surface area contributed by atoms with E-state index in [-0.39, 0.29) is 5.69 Å². The van der Waals surface area contributed by atoms with Crippen molar-refractivity contribution >= 4 is 0 Å². The summed E-state index contributed by atoms with van der Waals surface area (Å²) in [4.78, 5) is 3.19. The number of hydrogen-bond donors (Lipinski definition) is 1. The van der Waals surface area contributed by atoms with Gasteiger partial charge in [0.1, 0.15) is 5.69 Å². The number of nitrogens with zero attached hydrogens (tertiary/aromatic N) is 1. The Bertz CT molecular complexity index is 298. The smallest absolute Gasteiger partial charge is 0.390 e. The summed E-state index contributed by atoms with van der Waals surface area (Å²) in [5.41, 5.74) is -0.959. The topological polar surface area (TPSA) is 33.1 Å². The number of hydrogen-bond acceptors (Lipinski definition) is 2. The zero-order valence-corrected chi connectivity index (χ0v) is 9.38. The predicted octanol–water partition coefficient (Wildman–Crippen LogP) is 3.40. The third-order valence-electron chi connectivity index (χ3n) is 1.76. The van der Waals surface area contributed by atoms with Crippen molar-refractivity contribution in [3.8, 4) is 0 Å². The molecule has 1 heterocycles. The van der Waals surface area contributed by atoms with Crippen LogP contribution in [-0.2, 0) is 12.8 Å². The van der Waals surface area contributed by atoms with E-state index in [2.05, 4.69) is 18.8 Å². The van der Waals surface area contributed by atoms with Crippen molar-refractivity contribution in [3.63, 3.8) is 0 Å². The van der Waals surface area contributed by atoms with E-state index >= 15 is 0 Å². The molecule has 0 saturated carbocycles. The molecule has 0 saturated heterocycles. The van der Waals surface area contributed by atoms with E-state index in [1.807, 2.05) is 0 Å². The number of pyridine rings is 1. The summed E-state index contributed by atoms with van der Waals surface area (Å²) in [6, 6.07) is 3.40. The second-order valence-corrected chi connectivity index (χ2v) is 3.17. The molecule has 1 aromatic heterocycles. The highest BCUT2D eigenvalue weighted by atomic mass is 19.4. The average molecular weight is 235 g/mol. The zero-order chi connectivity index (χ0) is 12.6. The molecule has 2 nitrogen and oxygen atoms in total. The molecular formula is C11H16F3NO. The summed E-state index contributed by atoms with van der Waals surface area (Å²) < 4.78 is 35.9. The van der Waals surface area contributed by atoms with Gasteiger partial charge in [0.2, 0.25) is 0 Å². The Morgan fingerprint density at radius 1 is 1.19 bits per heavy atom. The maximum atomic E-state index is 12.0. The van der Waals surface area contributed by atoms with E-state index in [9.17, 15) is 13.2 Å². The van der Waals surface area contributed by atoms with Crippen molar-refractivity contribution in [2.24, 2.45) is 0 Å². The second-order valence-electron chi connectivity index (χ2n) is 3.17. The van der Waals surface area contributed by atoms with Crippen LogP contribution >= 0.6 is 0 Å². The Hall–Kier alpha value is -1.10. The van der Waals surface area contributed by atoms with Gasteiger partial charge < -0.3 is 5.11 Å². The minimum Gasteiger partial charge on any atom is -0.390 e. The molecule has 0 spiro atoms. The third kappa shape index (κ3) is 5.70. The van der Waals surface area contributed by atoms with Crippen molar-refractivity contribution in [3.05, 3.63) is 29.6 Å². The summed E-state index contributed by atoms with van der Waals surface area (Å²) in [6.45, 7) is 3.88. The number of aliphatic hydroxyl groups is 1. The Morgan fingerprint density at radius 3 is 2.12 bits per heavy atom. The number of aromatic nitrogens is 1. The molecular weight excluding hydrogens is 219 g/mol. The SMILES string of the molecule is CCCC.OCc1cccc(C(F)(F)F)n1. The molecule has 0 aliphatic heterocycles. The molecule has 0 aromatic carbocycles. The van der Waals surface area contributed by atoms with Gasteiger partial charge in [-0.25, -0.2) is 4.98 Å². The lowest BCUT2D eigenvalue weighted by Gasteiger charge is -2.05. The van der Waals surface area contributed by atoms with Crippen LogP contribution in [0, 0.1) is 0 Å². The first kappa shape index (κ1) is 14.9. The molecule has 0 radical (unpaired) electrons. The summed E-state index contributed by atoms with van der Waals surface area (Å²) >= 11 is 0. The van der Waals surface area contributed by atoms with Crippen molar-refractivity contribution in [1.29, 1.82) is 0 Å². The largest absolute Gasteiger partial charge is 0.433 e. The lowest BCUT2D eigenvalue weighted by atomic mass is 10.3. The van der Waals surface area contributed by atoms with Crippen LogP contribution in [0.5, 0.6) is 0 Å². The lowest BCUT2D eigenvalue weighted by Crippen LogP contribution is -2.08. The first-order valence-corrected chi connectivity index (χ1v) is 5.09. The van der Waals surface area contributed by atoms with Gasteiger partial charge in [-0.2, -0.15) is 13.2 Å². The fourth-order valence-electron chi connectivity index (χ4n) is 0.726. The van der Waals surface area contributed by atoms with E-state index < -0.39 is 18.5 Å². The fraction of sp³-hybridized carbons (Fsp3) is 0.545. The first-order valence-electron chi connectivity index (χ1n) is 5.09. The monoisotopic (exact) mass is 235 g/mol. The van der Waals surface area contributed by atoms with Crippen LogP contribution in [0.25, 0.3) is 0 Å². The molecule has 0 aliphatic rings. The highest BCUT2D eigenvalue weighted by Crippen LogP contribution is 2.27. The Kier molecular flexibility index (Phi) is 6.72. The third-order valence-corrected chi connectivity index (χ3v) is 1.76. The van der Waals surface area contributed by atoms with Crippen LogP contribution in [0.1, 0.15) is 38.1 Å². The van der Waals surface area contributed by atoms with Crippen LogP contribution in [0.3, 0.4) is 0 Å². The van der Waals surface area contributed by atoms with Gasteiger partial charge in [0, 0.05) is 0 Å². The molecule has 0 unspecified atom stereocenters. The minimum absolute atomic E-state index is 0.0184. The predicted molar refractivity (Wildman–Crippen MR) is 55.7 cm³/mol. The number of alkyl halides is 3. The van der Waals surface area contributed by atoms with Crippen LogP contribution in [-0.4, -0.2) is 10.1 Å². The van der Waals surface area contributed by atoms with E-state index in [0.29, 0.717) is 0 Å². The molecule has 92 valence electrons. The van der Waals surface area contributed by atoms with Crippen LogP contribution in [0.2, 0.25) is 0 Å². The quantitative estimate of drug-likeness (QED) is 0.852.